The van der Waals surface area contributed by atoms with E-state index in [0.29, 0.717) is 11.3 Å². The van der Waals surface area contributed by atoms with Gasteiger partial charge in [-0.3, -0.25) is 24.6 Å². The van der Waals surface area contributed by atoms with Gasteiger partial charge in [-0.1, -0.05) is 26.0 Å². The number of carbonyl (C=O) groups is 5. The Kier molecular flexibility index (Phi) is 13.6. The van der Waals surface area contributed by atoms with E-state index in [4.69, 9.17) is 31.9 Å². The van der Waals surface area contributed by atoms with Crippen LogP contribution >= 0.6 is 0 Å². The lowest BCUT2D eigenvalue weighted by Gasteiger charge is -2.21. The maximum Gasteiger partial charge on any atom is 0.490 e. The Hall–Kier alpha value is -4.63. The predicted molar refractivity (Wildman–Crippen MR) is 129 cm³/mol. The third-order valence-corrected chi connectivity index (χ3v) is 4.24. The standard InChI is InChI=1S/C20H28N6O5.C2HF3O2/c1-11(2)9-14(18(21)30)26-19(31)15(10-17(28)29)25-16(27)8-5-12-3-6-13(7-4-12)24-20(22)23;3-2(4,5)1(6)7/h3-8,11,14-15H,9-10H2,1-2H3,(H2,21,30)(H,25,27)(H,26,31)(H,28,29)(H4,22,23,24);(H,6,7)/t14-,15-;/m0./s1. The topological polar surface area (TPSA) is 238 Å². The zero-order valence-electron chi connectivity index (χ0n) is 20.3. The molecule has 0 heterocycles. The molecule has 0 bridgehead atoms. The van der Waals surface area contributed by atoms with Gasteiger partial charge in [0.15, 0.2) is 5.96 Å². The predicted octanol–water partition coefficient (Wildman–Crippen LogP) is 0.614. The number of primary amides is 1. The number of nitrogens with two attached hydrogens (primary N) is 2. The highest BCUT2D eigenvalue weighted by atomic mass is 19.4. The Bertz CT molecular complexity index is 1040. The van der Waals surface area contributed by atoms with Crippen LogP contribution < -0.4 is 27.4 Å². The Morgan fingerprint density at radius 2 is 1.53 bits per heavy atom. The summed E-state index contributed by atoms with van der Waals surface area (Å²) in [7, 11) is 0. The van der Waals surface area contributed by atoms with Gasteiger partial charge >= 0.3 is 18.1 Å². The summed E-state index contributed by atoms with van der Waals surface area (Å²) in [5, 5.41) is 30.7. The molecule has 1 aromatic rings. The number of halogens is 3. The first-order valence-electron chi connectivity index (χ1n) is 10.7. The van der Waals surface area contributed by atoms with Crippen molar-refractivity contribution in [1.82, 2.24) is 10.6 Å². The first kappa shape index (κ1) is 33.4. The largest absolute Gasteiger partial charge is 0.490 e. The molecule has 0 spiro atoms. The minimum atomic E-state index is -5.08. The summed E-state index contributed by atoms with van der Waals surface area (Å²) >= 11 is 0. The highest BCUT2D eigenvalue weighted by molar-refractivity contribution is 5.98. The summed E-state index contributed by atoms with van der Waals surface area (Å²) in [6.45, 7) is 3.68. The molecule has 3 amide bonds. The first-order valence-corrected chi connectivity index (χ1v) is 10.7. The molecule has 1 aromatic carbocycles. The normalized spacial score (nSPS) is 12.5. The molecule has 16 heteroatoms. The lowest BCUT2D eigenvalue weighted by molar-refractivity contribution is -0.192. The average molecular weight is 547 g/mol. The van der Waals surface area contributed by atoms with Crippen molar-refractivity contribution >= 4 is 47.4 Å². The number of hydrogen-bond donors (Lipinski definition) is 8. The zero-order chi connectivity index (χ0) is 29.6. The van der Waals surface area contributed by atoms with Crippen LogP contribution in [0.25, 0.3) is 6.08 Å². The first-order chi connectivity index (χ1) is 17.4. The molecule has 0 aliphatic carbocycles. The summed E-state index contributed by atoms with van der Waals surface area (Å²) in [4.78, 5) is 56.2. The molecule has 0 radical (unpaired) electrons. The van der Waals surface area contributed by atoms with Crippen molar-refractivity contribution in [2.75, 3.05) is 5.32 Å². The molecular weight excluding hydrogens is 517 g/mol. The molecule has 0 unspecified atom stereocenters. The van der Waals surface area contributed by atoms with Gasteiger partial charge < -0.3 is 37.6 Å². The summed E-state index contributed by atoms with van der Waals surface area (Å²) in [5.41, 5.74) is 11.8. The number of carboxylic acids is 2. The van der Waals surface area contributed by atoms with Crippen LogP contribution in [0, 0.1) is 11.3 Å². The number of carbonyl (C=O) groups excluding carboxylic acids is 3. The van der Waals surface area contributed by atoms with E-state index >= 15 is 0 Å². The van der Waals surface area contributed by atoms with Gasteiger partial charge in [-0.2, -0.15) is 13.2 Å². The fourth-order valence-corrected chi connectivity index (χ4v) is 2.60. The van der Waals surface area contributed by atoms with E-state index in [1.165, 1.54) is 6.08 Å². The van der Waals surface area contributed by atoms with Crippen LogP contribution in [0.4, 0.5) is 18.9 Å². The van der Waals surface area contributed by atoms with E-state index < -0.39 is 54.3 Å². The third-order valence-electron chi connectivity index (χ3n) is 4.24. The molecule has 0 aliphatic heterocycles. The second kappa shape index (κ2) is 15.5. The lowest BCUT2D eigenvalue weighted by atomic mass is 10.0. The number of hydrogen-bond acceptors (Lipinski definition) is 6. The second-order valence-electron chi connectivity index (χ2n) is 8.05. The van der Waals surface area contributed by atoms with Gasteiger partial charge in [0.1, 0.15) is 12.1 Å². The number of alkyl halides is 3. The van der Waals surface area contributed by atoms with Crippen molar-refractivity contribution in [3.63, 3.8) is 0 Å². The molecule has 10 N–H and O–H groups in total. The van der Waals surface area contributed by atoms with Gasteiger partial charge in [-0.15, -0.1) is 0 Å². The number of aliphatic carboxylic acids is 2. The summed E-state index contributed by atoms with van der Waals surface area (Å²) < 4.78 is 31.7. The van der Waals surface area contributed by atoms with E-state index in [-0.39, 0.29) is 18.3 Å². The van der Waals surface area contributed by atoms with Gasteiger partial charge in [0.25, 0.3) is 0 Å². The molecule has 1 rings (SSSR count). The number of amides is 3. The lowest BCUT2D eigenvalue weighted by Crippen LogP contribution is -2.53. The van der Waals surface area contributed by atoms with Crippen molar-refractivity contribution in [1.29, 1.82) is 5.41 Å². The third kappa shape index (κ3) is 14.7. The van der Waals surface area contributed by atoms with Crippen molar-refractivity contribution in [3.8, 4) is 0 Å². The maximum absolute atomic E-state index is 12.5. The summed E-state index contributed by atoms with van der Waals surface area (Å²) in [6, 6.07) is 4.28. The van der Waals surface area contributed by atoms with Crippen LogP contribution in [0.15, 0.2) is 30.3 Å². The molecule has 210 valence electrons. The van der Waals surface area contributed by atoms with Crippen molar-refractivity contribution in [3.05, 3.63) is 35.9 Å². The number of benzene rings is 1. The molecule has 13 nitrogen and oxygen atoms in total. The molecule has 0 fully saturated rings. The molecule has 0 aliphatic rings. The van der Waals surface area contributed by atoms with Crippen LogP contribution in [0.1, 0.15) is 32.3 Å². The number of carboxylic acid groups (broad SMARTS) is 2. The minimum Gasteiger partial charge on any atom is -0.481 e. The van der Waals surface area contributed by atoms with Crippen LogP contribution in [-0.4, -0.2) is 64.1 Å². The number of anilines is 1. The van der Waals surface area contributed by atoms with Crippen LogP contribution in [0.2, 0.25) is 0 Å². The molecule has 0 saturated carbocycles. The van der Waals surface area contributed by atoms with Crippen molar-refractivity contribution in [2.45, 2.75) is 44.9 Å². The Balaban J connectivity index is 0.00000171. The molecular formula is C22H29F3N6O7. The van der Waals surface area contributed by atoms with Crippen LogP contribution in [0.5, 0.6) is 0 Å². The van der Waals surface area contributed by atoms with Gasteiger partial charge in [-0.05, 0) is 36.1 Å². The Morgan fingerprint density at radius 3 is 1.92 bits per heavy atom. The zero-order valence-corrected chi connectivity index (χ0v) is 20.3. The number of nitrogens with one attached hydrogen (secondary N) is 4. The molecule has 2 atom stereocenters. The van der Waals surface area contributed by atoms with Gasteiger partial charge in [0, 0.05) is 11.8 Å². The van der Waals surface area contributed by atoms with Gasteiger partial charge in [0.05, 0.1) is 6.42 Å². The Morgan fingerprint density at radius 1 is 1.00 bits per heavy atom. The monoisotopic (exact) mass is 546 g/mol. The van der Waals surface area contributed by atoms with E-state index in [1.54, 1.807) is 24.3 Å². The van der Waals surface area contributed by atoms with Crippen LogP contribution in [0.3, 0.4) is 0 Å². The average Bonchev–Trinajstić information content (AvgIpc) is 2.76. The highest BCUT2D eigenvalue weighted by Gasteiger charge is 2.38. The fourth-order valence-electron chi connectivity index (χ4n) is 2.60. The van der Waals surface area contributed by atoms with Gasteiger partial charge in [0.2, 0.25) is 17.7 Å². The minimum absolute atomic E-state index is 0.0604. The number of rotatable bonds is 11. The van der Waals surface area contributed by atoms with E-state index in [9.17, 15) is 32.3 Å². The Labute approximate surface area is 214 Å². The van der Waals surface area contributed by atoms with Gasteiger partial charge in [-0.25, -0.2) is 4.79 Å². The molecule has 38 heavy (non-hydrogen) atoms. The summed E-state index contributed by atoms with van der Waals surface area (Å²) in [5.74, 6) is -6.45. The SMILES string of the molecule is CC(C)C[C@H](NC(=O)[C@H](CC(=O)O)NC(=O)C=Cc1ccc(NC(=N)N)cc1)C(N)=O.O=C(O)C(F)(F)F. The molecule has 0 aromatic heterocycles. The second-order valence-corrected chi connectivity index (χ2v) is 8.05. The highest BCUT2D eigenvalue weighted by Crippen LogP contribution is 2.13. The number of guanidine groups is 1. The van der Waals surface area contributed by atoms with Crippen LogP contribution in [-0.2, 0) is 24.0 Å². The van der Waals surface area contributed by atoms with E-state index in [2.05, 4.69) is 16.0 Å². The van der Waals surface area contributed by atoms with Crippen molar-refractivity contribution < 1.29 is 47.4 Å². The smallest absolute Gasteiger partial charge is 0.481 e. The maximum atomic E-state index is 12.5. The molecule has 0 saturated heterocycles. The van der Waals surface area contributed by atoms with E-state index in [0.717, 1.165) is 6.08 Å². The van der Waals surface area contributed by atoms with Crippen molar-refractivity contribution in [2.24, 2.45) is 17.4 Å². The quantitative estimate of drug-likeness (QED) is 0.110. The fraction of sp³-hybridized carbons (Fsp3) is 0.364. The summed E-state index contributed by atoms with van der Waals surface area (Å²) in [6.07, 6.45) is -2.85. The van der Waals surface area contributed by atoms with E-state index in [1.807, 2.05) is 13.8 Å².